The minimum absolute atomic E-state index is 0.0613. The molecule has 3 fully saturated rings. The lowest BCUT2D eigenvalue weighted by Gasteiger charge is -2.51. The third kappa shape index (κ3) is 2.86. The number of rotatable bonds is 5. The van der Waals surface area contributed by atoms with Gasteiger partial charge in [0.2, 0.25) is 0 Å². The minimum Gasteiger partial charge on any atom is -0.493 e. The second kappa shape index (κ2) is 6.63. The number of nitrogens with zero attached hydrogens (tertiary/aromatic N) is 1. The van der Waals surface area contributed by atoms with E-state index in [9.17, 15) is 4.79 Å². The SMILES string of the molecule is COc1cc(C2C3CCC(CC3=O)N2CC(C)C)cc(N)c1OC. The van der Waals surface area contributed by atoms with E-state index < -0.39 is 0 Å². The molecule has 0 aromatic heterocycles. The molecule has 5 heteroatoms. The summed E-state index contributed by atoms with van der Waals surface area (Å²) >= 11 is 0. The zero-order chi connectivity index (χ0) is 17.4. The average Bonchev–Trinajstić information content (AvgIpc) is 2.54. The highest BCUT2D eigenvalue weighted by Crippen LogP contribution is 2.48. The smallest absolute Gasteiger partial charge is 0.183 e. The zero-order valence-electron chi connectivity index (χ0n) is 15.0. The van der Waals surface area contributed by atoms with Gasteiger partial charge in [-0.15, -0.1) is 0 Å². The van der Waals surface area contributed by atoms with Crippen molar-refractivity contribution in [2.24, 2.45) is 11.8 Å². The fourth-order valence-electron chi connectivity index (χ4n) is 4.39. The summed E-state index contributed by atoms with van der Waals surface area (Å²) in [6.07, 6.45) is 2.77. The van der Waals surface area contributed by atoms with Crippen LogP contribution in [0.15, 0.2) is 12.1 Å². The van der Waals surface area contributed by atoms with Gasteiger partial charge < -0.3 is 15.2 Å². The van der Waals surface area contributed by atoms with Crippen molar-refractivity contribution in [2.45, 2.75) is 45.2 Å². The van der Waals surface area contributed by atoms with Crippen LogP contribution >= 0.6 is 0 Å². The third-order valence-corrected chi connectivity index (χ3v) is 5.32. The highest BCUT2D eigenvalue weighted by molar-refractivity contribution is 5.84. The summed E-state index contributed by atoms with van der Waals surface area (Å²) in [4.78, 5) is 15.0. The van der Waals surface area contributed by atoms with E-state index in [1.807, 2.05) is 12.1 Å². The van der Waals surface area contributed by atoms with Gasteiger partial charge >= 0.3 is 0 Å². The lowest BCUT2D eigenvalue weighted by atomic mass is 9.71. The van der Waals surface area contributed by atoms with Crippen LogP contribution in [-0.4, -0.2) is 37.5 Å². The number of anilines is 1. The van der Waals surface area contributed by atoms with Crippen LogP contribution in [-0.2, 0) is 4.79 Å². The van der Waals surface area contributed by atoms with Gasteiger partial charge in [-0.05, 0) is 36.5 Å². The van der Waals surface area contributed by atoms with E-state index in [-0.39, 0.29) is 12.0 Å². The first-order valence-electron chi connectivity index (χ1n) is 8.76. The van der Waals surface area contributed by atoms with Crippen LogP contribution < -0.4 is 15.2 Å². The van der Waals surface area contributed by atoms with Crippen molar-refractivity contribution in [1.82, 2.24) is 4.90 Å². The van der Waals surface area contributed by atoms with Crippen molar-refractivity contribution in [3.8, 4) is 11.5 Å². The van der Waals surface area contributed by atoms with Crippen LogP contribution in [0.2, 0.25) is 0 Å². The molecule has 2 heterocycles. The molecule has 0 amide bonds. The maximum Gasteiger partial charge on any atom is 0.183 e. The van der Waals surface area contributed by atoms with Gasteiger partial charge in [0.25, 0.3) is 0 Å². The molecule has 24 heavy (non-hydrogen) atoms. The van der Waals surface area contributed by atoms with E-state index in [0.717, 1.165) is 24.9 Å². The van der Waals surface area contributed by atoms with Gasteiger partial charge in [-0.1, -0.05) is 13.8 Å². The topological polar surface area (TPSA) is 64.8 Å². The number of piperidine rings is 2. The Hall–Kier alpha value is -1.75. The van der Waals surface area contributed by atoms with Gasteiger partial charge in [0, 0.05) is 31.0 Å². The van der Waals surface area contributed by atoms with Crippen molar-refractivity contribution in [3.05, 3.63) is 17.7 Å². The van der Waals surface area contributed by atoms with Crippen molar-refractivity contribution in [2.75, 3.05) is 26.5 Å². The third-order valence-electron chi connectivity index (χ3n) is 5.32. The number of nitrogens with two attached hydrogens (primary N) is 1. The summed E-state index contributed by atoms with van der Waals surface area (Å²) < 4.78 is 10.8. The van der Waals surface area contributed by atoms with Crippen molar-refractivity contribution >= 4 is 11.5 Å². The van der Waals surface area contributed by atoms with Crippen molar-refractivity contribution < 1.29 is 14.3 Å². The molecule has 4 rings (SSSR count). The highest BCUT2D eigenvalue weighted by atomic mass is 16.5. The molecule has 1 aliphatic carbocycles. The Bertz CT molecular complexity index is 629. The van der Waals surface area contributed by atoms with Gasteiger partial charge in [-0.25, -0.2) is 0 Å². The Morgan fingerprint density at radius 3 is 2.58 bits per heavy atom. The van der Waals surface area contributed by atoms with Crippen LogP contribution in [0.1, 0.15) is 44.7 Å². The summed E-state index contributed by atoms with van der Waals surface area (Å²) in [5, 5.41) is 0. The Labute approximate surface area is 144 Å². The molecule has 2 bridgehead atoms. The molecule has 3 unspecified atom stereocenters. The first kappa shape index (κ1) is 17.1. The fraction of sp³-hybridized carbons (Fsp3) is 0.632. The predicted molar refractivity (Wildman–Crippen MR) is 94.4 cm³/mol. The predicted octanol–water partition coefficient (Wildman–Crippen LogP) is 3.04. The zero-order valence-corrected chi connectivity index (χ0v) is 15.0. The van der Waals surface area contributed by atoms with Crippen LogP contribution in [0.3, 0.4) is 0 Å². The molecule has 2 saturated heterocycles. The van der Waals surface area contributed by atoms with E-state index in [1.165, 1.54) is 0 Å². The molecule has 1 saturated carbocycles. The van der Waals surface area contributed by atoms with Crippen LogP contribution in [0, 0.1) is 11.8 Å². The summed E-state index contributed by atoms with van der Waals surface area (Å²) in [5.74, 6) is 2.20. The van der Waals surface area contributed by atoms with Gasteiger partial charge in [0.1, 0.15) is 5.78 Å². The second-order valence-electron chi connectivity index (χ2n) is 7.39. The lowest BCUT2D eigenvalue weighted by Crippen LogP contribution is -2.55. The summed E-state index contributed by atoms with van der Waals surface area (Å²) in [7, 11) is 3.20. The molecule has 5 nitrogen and oxygen atoms in total. The quantitative estimate of drug-likeness (QED) is 0.840. The maximum absolute atomic E-state index is 12.5. The lowest BCUT2D eigenvalue weighted by molar-refractivity contribution is -0.138. The largest absolute Gasteiger partial charge is 0.493 e. The van der Waals surface area contributed by atoms with Crippen molar-refractivity contribution in [1.29, 1.82) is 0 Å². The Morgan fingerprint density at radius 2 is 2.00 bits per heavy atom. The Morgan fingerprint density at radius 1 is 1.25 bits per heavy atom. The summed E-state index contributed by atoms with van der Waals surface area (Å²) in [5.41, 5.74) is 7.81. The van der Waals surface area contributed by atoms with Crippen LogP contribution in [0.5, 0.6) is 11.5 Å². The number of nitrogen functional groups attached to an aromatic ring is 1. The standard InChI is InChI=1S/C19H28N2O3/c1-11(2)10-21-13-5-6-14(16(22)9-13)18(21)12-7-15(20)19(24-4)17(8-12)23-3/h7-8,11,13-14,18H,5-6,9-10,20H2,1-4H3. The normalized spacial score (nSPS) is 26.9. The van der Waals surface area contributed by atoms with Gasteiger partial charge in [-0.2, -0.15) is 0 Å². The molecule has 132 valence electrons. The molecular formula is C19H28N2O3. The number of hydrogen-bond acceptors (Lipinski definition) is 5. The molecule has 2 N–H and O–H groups in total. The molecule has 3 aliphatic rings. The number of fused-ring (bicyclic) bond motifs is 3. The highest BCUT2D eigenvalue weighted by Gasteiger charge is 2.47. The van der Waals surface area contributed by atoms with E-state index in [0.29, 0.717) is 41.4 Å². The Kier molecular flexibility index (Phi) is 4.72. The number of carbonyl (C=O) groups excluding carboxylic acids is 1. The van der Waals surface area contributed by atoms with E-state index in [2.05, 4.69) is 18.7 Å². The number of hydrogen-bond donors (Lipinski definition) is 1. The van der Waals surface area contributed by atoms with E-state index in [4.69, 9.17) is 15.2 Å². The Balaban J connectivity index is 2.04. The second-order valence-corrected chi connectivity index (χ2v) is 7.39. The fourth-order valence-corrected chi connectivity index (χ4v) is 4.39. The molecule has 3 atom stereocenters. The van der Waals surface area contributed by atoms with Crippen molar-refractivity contribution in [3.63, 3.8) is 0 Å². The summed E-state index contributed by atoms with van der Waals surface area (Å²) in [6, 6.07) is 4.38. The van der Waals surface area contributed by atoms with E-state index in [1.54, 1.807) is 14.2 Å². The molecule has 0 radical (unpaired) electrons. The van der Waals surface area contributed by atoms with Gasteiger partial charge in [0.15, 0.2) is 11.5 Å². The molecule has 0 spiro atoms. The number of benzene rings is 1. The maximum atomic E-state index is 12.5. The minimum atomic E-state index is 0.0613. The number of ether oxygens (including phenoxy) is 2. The van der Waals surface area contributed by atoms with Crippen LogP contribution in [0.4, 0.5) is 5.69 Å². The molecule has 1 aromatic carbocycles. The van der Waals surface area contributed by atoms with Crippen LogP contribution in [0.25, 0.3) is 0 Å². The average molecular weight is 332 g/mol. The molecule has 2 aliphatic heterocycles. The number of methoxy groups -OCH3 is 2. The monoisotopic (exact) mass is 332 g/mol. The first-order chi connectivity index (χ1) is 11.5. The molecule has 1 aromatic rings. The summed E-state index contributed by atoms with van der Waals surface area (Å²) in [6.45, 7) is 5.45. The van der Waals surface area contributed by atoms with E-state index >= 15 is 0 Å². The van der Waals surface area contributed by atoms with Gasteiger partial charge in [0.05, 0.1) is 19.9 Å². The number of carbonyl (C=O) groups is 1. The van der Waals surface area contributed by atoms with Gasteiger partial charge in [-0.3, -0.25) is 9.69 Å². The number of Topliss-reactive ketones (excluding diaryl/α,β-unsaturated/α-hetero) is 1. The first-order valence-corrected chi connectivity index (χ1v) is 8.76. The molecular weight excluding hydrogens is 304 g/mol. The number of ketones is 1.